The van der Waals surface area contributed by atoms with Crippen molar-refractivity contribution in [2.24, 2.45) is 11.8 Å². The van der Waals surface area contributed by atoms with Crippen molar-refractivity contribution in [3.05, 3.63) is 0 Å². The Hall–Kier alpha value is 0.0700. The average molecular weight is 695 g/mol. The average Bonchev–Trinajstić information content (AvgIpc) is 2.92. The van der Waals surface area contributed by atoms with Crippen molar-refractivity contribution in [2.75, 3.05) is 26.4 Å². The lowest BCUT2D eigenvalue weighted by molar-refractivity contribution is -0.0191. The first kappa shape index (κ1) is 43.1. The van der Waals surface area contributed by atoms with Gasteiger partial charge in [0.05, 0.1) is 31.0 Å². The number of hydrogen-bond acceptors (Lipinski definition) is 11. The molecule has 0 aliphatic heterocycles. The van der Waals surface area contributed by atoms with Crippen LogP contribution in [-0.4, -0.2) is 74.4 Å². The Bertz CT molecular complexity index is 931. The molecule has 0 aliphatic carbocycles. The molecule has 0 rings (SSSR count). The molecule has 7 N–H and O–H groups in total. The Balaban J connectivity index is 5.40. The van der Waals surface area contributed by atoms with E-state index in [-0.39, 0.29) is 51.6 Å². The van der Waals surface area contributed by atoms with Crippen LogP contribution in [0.25, 0.3) is 0 Å². The molecule has 0 radical (unpaired) electrons. The molecule has 0 aliphatic rings. The maximum absolute atomic E-state index is 12.9. The number of phosphoric ester groups is 3. The highest BCUT2D eigenvalue weighted by molar-refractivity contribution is 7.47. The van der Waals surface area contributed by atoms with Crippen LogP contribution in [0.4, 0.5) is 8.96 Å². The summed E-state index contributed by atoms with van der Waals surface area (Å²) >= 11 is 0. The van der Waals surface area contributed by atoms with Crippen LogP contribution >= 0.6 is 23.5 Å². The Morgan fingerprint density at radius 3 is 1.70 bits per heavy atom. The number of halogens is 2. The minimum absolute atomic E-state index is 0.0412. The van der Waals surface area contributed by atoms with Gasteiger partial charge in [0.1, 0.15) is 0 Å². The van der Waals surface area contributed by atoms with Crippen LogP contribution in [0.5, 0.6) is 0 Å². The van der Waals surface area contributed by atoms with Gasteiger partial charge in [-0.05, 0) is 65.2 Å². The summed E-state index contributed by atoms with van der Waals surface area (Å²) in [6, 6.07) is -1.33. The van der Waals surface area contributed by atoms with Gasteiger partial charge in [-0.25, -0.2) is 13.7 Å². The molecule has 0 bridgehead atoms. The summed E-state index contributed by atoms with van der Waals surface area (Å²) in [7, 11) is -14.3. The second kappa shape index (κ2) is 19.7. The van der Waals surface area contributed by atoms with Gasteiger partial charge in [0.15, 0.2) is 0 Å². The number of aliphatic hydroxyl groups excluding tert-OH is 1. The second-order valence-electron chi connectivity index (χ2n) is 11.1. The first-order valence-electron chi connectivity index (χ1n) is 14.1. The molecule has 0 fully saturated rings. The summed E-state index contributed by atoms with van der Waals surface area (Å²) in [4.78, 5) is 38.9. The van der Waals surface area contributed by atoms with E-state index in [1.807, 2.05) is 0 Å². The molecule has 260 valence electrons. The minimum atomic E-state index is -4.83. The largest absolute Gasteiger partial charge is 0.472 e. The molecular formula is C23H51F2N2O13P3. The first-order valence-corrected chi connectivity index (χ1v) is 18.6. The fraction of sp³-hybridized carbons (Fsp3) is 1.00. The molecule has 0 aromatic carbocycles. The van der Waals surface area contributed by atoms with Crippen molar-refractivity contribution in [1.29, 1.82) is 0 Å². The standard InChI is InChI=1S/C23H51F2N2O13P3/c1-7-22(6,14-20(12-18(4)26-24)16-37-41(29,30)31)39-42(32,33)36-11-10-23(8-2,9-3)40-43(34,35)38-17-21(15-28)13-19(5)27-25/h18-21,26-28H,7-17H2,1-6H3,(H,32,33)(H,34,35)(H2,29,30,31). The van der Waals surface area contributed by atoms with Crippen molar-refractivity contribution in [1.82, 2.24) is 11.1 Å². The summed E-state index contributed by atoms with van der Waals surface area (Å²) in [6.45, 7) is 7.81. The predicted octanol–water partition coefficient (Wildman–Crippen LogP) is 4.60. The molecule has 0 aromatic heterocycles. The van der Waals surface area contributed by atoms with E-state index in [9.17, 15) is 37.6 Å². The predicted molar refractivity (Wildman–Crippen MR) is 154 cm³/mol. The van der Waals surface area contributed by atoms with Crippen molar-refractivity contribution in [3.8, 4) is 0 Å². The third kappa shape index (κ3) is 18.7. The molecule has 0 saturated heterocycles. The Morgan fingerprint density at radius 2 is 1.26 bits per heavy atom. The zero-order chi connectivity index (χ0) is 33.5. The third-order valence-corrected chi connectivity index (χ3v) is 9.93. The van der Waals surface area contributed by atoms with E-state index in [0.717, 1.165) is 0 Å². The molecule has 0 spiro atoms. The molecule has 20 heteroatoms. The first-order chi connectivity index (χ1) is 19.7. The quantitative estimate of drug-likeness (QED) is 0.0486. The SMILES string of the molecule is CCC(C)(CC(COP(=O)(O)O)CC(C)NF)OP(=O)(O)OCCC(CC)(CC)OP(=O)(O)OCC(CO)CC(C)NF. The molecule has 0 heterocycles. The highest BCUT2D eigenvalue weighted by atomic mass is 31.2. The summed E-state index contributed by atoms with van der Waals surface area (Å²) in [5.74, 6) is -1.33. The lowest BCUT2D eigenvalue weighted by atomic mass is 9.87. The fourth-order valence-electron chi connectivity index (χ4n) is 4.45. The summed E-state index contributed by atoms with van der Waals surface area (Å²) in [5.41, 5.74) is 0.401. The van der Waals surface area contributed by atoms with Gasteiger partial charge in [-0.1, -0.05) is 20.8 Å². The number of hydrogen-bond donors (Lipinski definition) is 7. The number of aliphatic hydroxyl groups is 1. The minimum Gasteiger partial charge on any atom is -0.396 e. The van der Waals surface area contributed by atoms with Gasteiger partial charge in [-0.15, -0.1) is 8.96 Å². The molecule has 15 nitrogen and oxygen atoms in total. The van der Waals surface area contributed by atoms with Gasteiger partial charge in [0, 0.05) is 31.0 Å². The molecule has 0 saturated carbocycles. The van der Waals surface area contributed by atoms with Crippen LogP contribution in [0.3, 0.4) is 0 Å². The maximum Gasteiger partial charge on any atom is 0.472 e. The number of rotatable bonds is 26. The van der Waals surface area contributed by atoms with Crippen molar-refractivity contribution in [2.45, 2.75) is 110 Å². The zero-order valence-electron chi connectivity index (χ0n) is 25.7. The van der Waals surface area contributed by atoms with E-state index in [4.69, 9.17) is 27.9 Å². The van der Waals surface area contributed by atoms with Gasteiger partial charge < -0.3 is 24.7 Å². The van der Waals surface area contributed by atoms with E-state index >= 15 is 0 Å². The van der Waals surface area contributed by atoms with Crippen LogP contribution in [0, 0.1) is 11.8 Å². The zero-order valence-corrected chi connectivity index (χ0v) is 28.4. The lowest BCUT2D eigenvalue weighted by Crippen LogP contribution is -2.34. The molecule has 0 amide bonds. The van der Waals surface area contributed by atoms with Crippen LogP contribution in [0.2, 0.25) is 0 Å². The van der Waals surface area contributed by atoms with Crippen LogP contribution in [-0.2, 0) is 36.3 Å². The van der Waals surface area contributed by atoms with Gasteiger partial charge in [-0.2, -0.15) is 11.1 Å². The Morgan fingerprint density at radius 1 is 0.767 bits per heavy atom. The van der Waals surface area contributed by atoms with E-state index in [1.54, 1.807) is 20.8 Å². The molecule has 7 atom stereocenters. The van der Waals surface area contributed by atoms with Gasteiger partial charge >= 0.3 is 23.5 Å². The number of nitrogens with one attached hydrogen (secondary N) is 2. The smallest absolute Gasteiger partial charge is 0.396 e. The third-order valence-electron chi connectivity index (χ3n) is 7.17. The molecule has 43 heavy (non-hydrogen) atoms. The molecule has 7 unspecified atom stereocenters. The van der Waals surface area contributed by atoms with Gasteiger partial charge in [0.25, 0.3) is 0 Å². The highest BCUT2D eigenvalue weighted by Gasteiger charge is 2.40. The highest BCUT2D eigenvalue weighted by Crippen LogP contribution is 2.53. The van der Waals surface area contributed by atoms with Gasteiger partial charge in [0.2, 0.25) is 0 Å². The van der Waals surface area contributed by atoms with Crippen LogP contribution in [0.15, 0.2) is 0 Å². The van der Waals surface area contributed by atoms with Crippen LogP contribution in [0.1, 0.15) is 86.5 Å². The Labute approximate surface area is 252 Å². The molecular weight excluding hydrogens is 643 g/mol. The Kier molecular flexibility index (Phi) is 19.7. The van der Waals surface area contributed by atoms with Crippen LogP contribution < -0.4 is 11.1 Å². The summed E-state index contributed by atoms with van der Waals surface area (Å²) in [5, 5.41) is 9.46. The van der Waals surface area contributed by atoms with Crippen molar-refractivity contribution < 1.29 is 70.0 Å². The van der Waals surface area contributed by atoms with E-state index < -0.39 is 78.4 Å². The maximum atomic E-state index is 12.9. The fourth-order valence-corrected chi connectivity index (χ4v) is 7.29. The molecule has 0 aromatic rings. The normalized spacial score (nSPS) is 20.0. The van der Waals surface area contributed by atoms with Crippen molar-refractivity contribution >= 4 is 23.5 Å². The van der Waals surface area contributed by atoms with E-state index in [2.05, 4.69) is 4.52 Å². The van der Waals surface area contributed by atoms with E-state index in [1.165, 1.54) is 31.8 Å². The summed E-state index contributed by atoms with van der Waals surface area (Å²) in [6.07, 6.45) is 0.584. The monoisotopic (exact) mass is 694 g/mol. The topological polar surface area (TPSA) is 223 Å². The van der Waals surface area contributed by atoms with Crippen molar-refractivity contribution in [3.63, 3.8) is 0 Å². The lowest BCUT2D eigenvalue weighted by Gasteiger charge is -2.35. The number of phosphoric acid groups is 3. The second-order valence-corrected chi connectivity index (χ2v) is 15.1. The van der Waals surface area contributed by atoms with E-state index in [0.29, 0.717) is 0 Å². The van der Waals surface area contributed by atoms with Gasteiger partial charge in [-0.3, -0.25) is 22.6 Å². The summed E-state index contributed by atoms with van der Waals surface area (Å²) < 4.78 is 88.0.